The molecule has 3 rings (SSSR count). The van der Waals surface area contributed by atoms with Crippen LogP contribution in [-0.2, 0) is 9.53 Å². The van der Waals surface area contributed by atoms with Crippen molar-refractivity contribution < 1.29 is 14.3 Å². The molecular formula is C22H21N3O3. The number of rotatable bonds is 6. The van der Waals surface area contributed by atoms with E-state index < -0.39 is 0 Å². The number of benzene rings is 2. The van der Waals surface area contributed by atoms with Gasteiger partial charge in [0.25, 0.3) is 5.91 Å². The average Bonchev–Trinajstić information content (AvgIpc) is 3.14. The monoisotopic (exact) mass is 375 g/mol. The minimum absolute atomic E-state index is 0.196. The van der Waals surface area contributed by atoms with Gasteiger partial charge in [-0.1, -0.05) is 12.1 Å². The van der Waals surface area contributed by atoms with E-state index in [0.29, 0.717) is 17.9 Å². The van der Waals surface area contributed by atoms with Crippen molar-refractivity contribution in [2.24, 2.45) is 0 Å². The predicted molar refractivity (Wildman–Crippen MR) is 108 cm³/mol. The first-order valence-corrected chi connectivity index (χ1v) is 8.94. The zero-order chi connectivity index (χ0) is 19.9. The lowest BCUT2D eigenvalue weighted by molar-refractivity contribution is -0.137. The summed E-state index contributed by atoms with van der Waals surface area (Å²) in [5, 5.41) is 7.11. The van der Waals surface area contributed by atoms with Crippen molar-refractivity contribution in [1.29, 1.82) is 0 Å². The van der Waals surface area contributed by atoms with E-state index in [9.17, 15) is 9.59 Å². The second-order valence-electron chi connectivity index (χ2n) is 6.09. The second kappa shape index (κ2) is 8.81. The summed E-state index contributed by atoms with van der Waals surface area (Å²) in [5.74, 6) is -0.577. The third kappa shape index (κ3) is 4.73. The number of hydrogen-bond acceptors (Lipinski definition) is 4. The number of carbonyl (C=O) groups is 2. The van der Waals surface area contributed by atoms with Crippen LogP contribution in [0.25, 0.3) is 11.8 Å². The van der Waals surface area contributed by atoms with Gasteiger partial charge in [-0.15, -0.1) is 0 Å². The van der Waals surface area contributed by atoms with Crippen molar-refractivity contribution in [1.82, 2.24) is 9.78 Å². The molecule has 0 spiro atoms. The summed E-state index contributed by atoms with van der Waals surface area (Å²) >= 11 is 0. The van der Waals surface area contributed by atoms with E-state index in [2.05, 4.69) is 10.4 Å². The fraction of sp³-hybridized carbons (Fsp3) is 0.136. The van der Waals surface area contributed by atoms with Gasteiger partial charge in [-0.25, -0.2) is 9.48 Å². The molecule has 0 radical (unpaired) electrons. The Kier molecular flexibility index (Phi) is 6.01. The maximum absolute atomic E-state index is 12.4. The van der Waals surface area contributed by atoms with Crippen LogP contribution in [-0.4, -0.2) is 28.3 Å². The Bertz CT molecular complexity index is 987. The van der Waals surface area contributed by atoms with E-state index in [1.54, 1.807) is 43.5 Å². The number of nitrogens with one attached hydrogen (secondary N) is 1. The average molecular weight is 375 g/mol. The first-order chi connectivity index (χ1) is 13.6. The minimum atomic E-state index is -0.381. The lowest BCUT2D eigenvalue weighted by Gasteiger charge is -2.08. The maximum atomic E-state index is 12.4. The molecule has 0 aliphatic carbocycles. The van der Waals surface area contributed by atoms with E-state index in [1.807, 2.05) is 41.9 Å². The number of aryl methyl sites for hydroxylation is 1. The van der Waals surface area contributed by atoms with Crippen LogP contribution >= 0.6 is 0 Å². The van der Waals surface area contributed by atoms with Gasteiger partial charge in [-0.3, -0.25) is 4.79 Å². The van der Waals surface area contributed by atoms with Crippen molar-refractivity contribution >= 4 is 23.6 Å². The van der Waals surface area contributed by atoms with Crippen LogP contribution in [0, 0.1) is 6.92 Å². The van der Waals surface area contributed by atoms with Crippen molar-refractivity contribution in [3.63, 3.8) is 0 Å². The van der Waals surface area contributed by atoms with Crippen molar-refractivity contribution in [2.45, 2.75) is 13.8 Å². The lowest BCUT2D eigenvalue weighted by atomic mass is 10.1. The Morgan fingerprint density at radius 2 is 1.79 bits per heavy atom. The smallest absolute Gasteiger partial charge is 0.330 e. The molecule has 0 fully saturated rings. The molecule has 0 bridgehead atoms. The molecule has 1 aromatic heterocycles. The Hall–Kier alpha value is -3.67. The molecule has 2 aromatic carbocycles. The summed E-state index contributed by atoms with van der Waals surface area (Å²) in [6, 6.07) is 16.4. The summed E-state index contributed by atoms with van der Waals surface area (Å²) in [7, 11) is 0. The predicted octanol–water partition coefficient (Wildman–Crippen LogP) is 4.01. The quantitative estimate of drug-likeness (QED) is 0.522. The number of aromatic nitrogens is 2. The number of anilines is 1. The molecule has 0 saturated carbocycles. The van der Waals surface area contributed by atoms with Crippen LogP contribution in [0.3, 0.4) is 0 Å². The van der Waals surface area contributed by atoms with Gasteiger partial charge in [0.1, 0.15) is 0 Å². The number of amides is 1. The van der Waals surface area contributed by atoms with Gasteiger partial charge >= 0.3 is 5.97 Å². The summed E-state index contributed by atoms with van der Waals surface area (Å²) in [5.41, 5.74) is 3.99. The van der Waals surface area contributed by atoms with E-state index in [1.165, 1.54) is 6.08 Å². The molecule has 1 amide bonds. The number of ether oxygens (including phenoxy) is 1. The van der Waals surface area contributed by atoms with Crippen LogP contribution in [0.2, 0.25) is 0 Å². The van der Waals surface area contributed by atoms with Crippen molar-refractivity contribution in [2.75, 3.05) is 11.9 Å². The molecule has 1 heterocycles. The summed E-state index contributed by atoms with van der Waals surface area (Å²) in [6.45, 7) is 4.07. The fourth-order valence-corrected chi connectivity index (χ4v) is 2.63. The molecule has 0 saturated heterocycles. The first kappa shape index (κ1) is 19.1. The van der Waals surface area contributed by atoms with Gasteiger partial charge in [-0.2, -0.15) is 5.10 Å². The van der Waals surface area contributed by atoms with Gasteiger partial charge in [0.05, 0.1) is 12.3 Å². The number of esters is 1. The molecule has 1 N–H and O–H groups in total. The second-order valence-corrected chi connectivity index (χ2v) is 6.09. The van der Waals surface area contributed by atoms with Crippen molar-refractivity contribution in [3.05, 3.63) is 83.7 Å². The number of carbonyl (C=O) groups excluding carboxylic acids is 2. The van der Waals surface area contributed by atoms with E-state index >= 15 is 0 Å². The Morgan fingerprint density at radius 3 is 2.39 bits per heavy atom. The zero-order valence-corrected chi connectivity index (χ0v) is 15.8. The molecule has 0 unspecified atom stereocenters. The highest BCUT2D eigenvalue weighted by molar-refractivity contribution is 6.04. The molecule has 3 aromatic rings. The van der Waals surface area contributed by atoms with Gasteiger partial charge < -0.3 is 10.1 Å². The van der Waals surface area contributed by atoms with Gasteiger partial charge in [0, 0.05) is 29.2 Å². The van der Waals surface area contributed by atoms with Crippen molar-refractivity contribution in [3.8, 4) is 5.69 Å². The van der Waals surface area contributed by atoms with Gasteiger partial charge in [0.15, 0.2) is 0 Å². The van der Waals surface area contributed by atoms with Crippen LogP contribution in [0.1, 0.15) is 28.5 Å². The van der Waals surface area contributed by atoms with Crippen LogP contribution < -0.4 is 5.32 Å². The van der Waals surface area contributed by atoms with Gasteiger partial charge in [-0.05, 0) is 68.0 Å². The molecule has 0 aliphatic rings. The van der Waals surface area contributed by atoms with Gasteiger partial charge in [0.2, 0.25) is 0 Å². The Morgan fingerprint density at radius 1 is 1.07 bits per heavy atom. The number of hydrogen-bond donors (Lipinski definition) is 1. The molecule has 6 nitrogen and oxygen atoms in total. The largest absolute Gasteiger partial charge is 0.463 e. The maximum Gasteiger partial charge on any atom is 0.330 e. The lowest BCUT2D eigenvalue weighted by Crippen LogP contribution is -2.12. The molecule has 0 atom stereocenters. The SMILES string of the molecule is CCOC(=O)/C=C/c1ccc(NC(=O)c2ccc(-n3nccc3C)cc2)cc1. The molecule has 6 heteroatoms. The molecule has 28 heavy (non-hydrogen) atoms. The van der Waals surface area contributed by atoms with E-state index in [0.717, 1.165) is 16.9 Å². The normalized spacial score (nSPS) is 10.8. The summed E-state index contributed by atoms with van der Waals surface area (Å²) in [6.07, 6.45) is 4.78. The highest BCUT2D eigenvalue weighted by Crippen LogP contribution is 2.15. The summed E-state index contributed by atoms with van der Waals surface area (Å²) < 4.78 is 6.65. The number of nitrogens with zero attached hydrogens (tertiary/aromatic N) is 2. The zero-order valence-electron chi connectivity index (χ0n) is 15.8. The standard InChI is InChI=1S/C22H21N3O3/c1-3-28-21(26)13-6-17-4-9-19(10-5-17)24-22(27)18-7-11-20(12-8-18)25-16(2)14-15-23-25/h4-15H,3H2,1-2H3,(H,24,27)/b13-6+. The molecule has 142 valence electrons. The molecule has 0 aliphatic heterocycles. The Balaban J connectivity index is 1.63. The van der Waals surface area contributed by atoms with Crippen LogP contribution in [0.4, 0.5) is 5.69 Å². The third-order valence-electron chi connectivity index (χ3n) is 4.07. The highest BCUT2D eigenvalue weighted by atomic mass is 16.5. The highest BCUT2D eigenvalue weighted by Gasteiger charge is 2.07. The topological polar surface area (TPSA) is 73.2 Å². The van der Waals surface area contributed by atoms with Crippen LogP contribution in [0.5, 0.6) is 0 Å². The summed E-state index contributed by atoms with van der Waals surface area (Å²) in [4.78, 5) is 23.8. The molecular weight excluding hydrogens is 354 g/mol. The van der Waals surface area contributed by atoms with E-state index in [-0.39, 0.29) is 11.9 Å². The Labute approximate surface area is 163 Å². The fourth-order valence-electron chi connectivity index (χ4n) is 2.63. The van der Waals surface area contributed by atoms with E-state index in [4.69, 9.17) is 4.74 Å². The van der Waals surface area contributed by atoms with Crippen LogP contribution in [0.15, 0.2) is 66.9 Å². The first-order valence-electron chi connectivity index (χ1n) is 8.94. The third-order valence-corrected chi connectivity index (χ3v) is 4.07. The minimum Gasteiger partial charge on any atom is -0.463 e.